The topological polar surface area (TPSA) is 118 Å². The number of benzene rings is 1. The fourth-order valence-corrected chi connectivity index (χ4v) is 3.15. The number of ether oxygens (including phenoxy) is 2. The number of anilines is 1. The van der Waals surface area contributed by atoms with Gasteiger partial charge in [-0.1, -0.05) is 19.3 Å². The maximum absolute atomic E-state index is 12.1. The monoisotopic (exact) mass is 388 g/mol. The van der Waals surface area contributed by atoms with Crippen LogP contribution in [0.5, 0.6) is 11.5 Å². The quantitative estimate of drug-likeness (QED) is 0.403. The molecule has 1 saturated carbocycles. The summed E-state index contributed by atoms with van der Waals surface area (Å²) >= 11 is 0. The second-order valence-electron chi connectivity index (χ2n) is 6.89. The molecule has 2 aliphatic rings. The zero-order chi connectivity index (χ0) is 19.9. The van der Waals surface area contributed by atoms with Gasteiger partial charge in [-0.05, 0) is 31.9 Å². The number of amides is 3. The number of nitrogens with one attached hydrogen (secondary N) is 3. The summed E-state index contributed by atoms with van der Waals surface area (Å²) in [6.45, 7) is 1.76. The van der Waals surface area contributed by atoms with E-state index in [2.05, 4.69) is 21.2 Å². The van der Waals surface area contributed by atoms with Gasteiger partial charge in [-0.15, -0.1) is 0 Å². The van der Waals surface area contributed by atoms with Crippen LogP contribution in [0.25, 0.3) is 0 Å². The zero-order valence-corrected chi connectivity index (χ0v) is 15.7. The van der Waals surface area contributed by atoms with Gasteiger partial charge in [0, 0.05) is 23.5 Å². The van der Waals surface area contributed by atoms with E-state index in [4.69, 9.17) is 9.47 Å². The second-order valence-corrected chi connectivity index (χ2v) is 6.89. The van der Waals surface area contributed by atoms with E-state index in [9.17, 15) is 14.4 Å². The number of hydrazone groups is 1. The first kappa shape index (κ1) is 19.7. The van der Waals surface area contributed by atoms with Crippen molar-refractivity contribution in [3.8, 4) is 11.5 Å². The van der Waals surface area contributed by atoms with Crippen LogP contribution in [0.4, 0.5) is 5.69 Å². The molecule has 0 saturated heterocycles. The van der Waals surface area contributed by atoms with Crippen molar-refractivity contribution in [1.29, 1.82) is 0 Å². The summed E-state index contributed by atoms with van der Waals surface area (Å²) < 4.78 is 10.5. The number of nitrogens with zero attached hydrogens (tertiary/aromatic N) is 1. The highest BCUT2D eigenvalue weighted by molar-refractivity contribution is 6.35. The molecule has 1 aromatic carbocycles. The van der Waals surface area contributed by atoms with E-state index in [0.29, 0.717) is 22.9 Å². The molecule has 1 fully saturated rings. The minimum absolute atomic E-state index is 0.0288. The SMILES string of the molecule is CC(CC(=O)Nc1ccc2c(c1)OCO2)=NNC(=O)C(=O)NC1CCCCC1. The summed E-state index contributed by atoms with van der Waals surface area (Å²) in [6, 6.07) is 5.13. The molecule has 1 heterocycles. The fourth-order valence-electron chi connectivity index (χ4n) is 3.15. The molecule has 0 bridgehead atoms. The lowest BCUT2D eigenvalue weighted by Gasteiger charge is -2.22. The molecular formula is C19H24N4O5. The predicted molar refractivity (Wildman–Crippen MR) is 102 cm³/mol. The molecule has 3 rings (SSSR count). The highest BCUT2D eigenvalue weighted by Crippen LogP contribution is 2.34. The molecule has 0 spiro atoms. The minimum atomic E-state index is -0.832. The van der Waals surface area contributed by atoms with Crippen LogP contribution in [0.1, 0.15) is 45.4 Å². The number of rotatable bonds is 5. The molecule has 9 nitrogen and oxygen atoms in total. The number of fused-ring (bicyclic) bond motifs is 1. The summed E-state index contributed by atoms with van der Waals surface area (Å²) in [4.78, 5) is 35.8. The van der Waals surface area contributed by atoms with Crippen molar-refractivity contribution in [2.24, 2.45) is 5.10 Å². The molecule has 0 aromatic heterocycles. The van der Waals surface area contributed by atoms with Crippen molar-refractivity contribution in [2.45, 2.75) is 51.5 Å². The Labute approximate surface area is 162 Å². The van der Waals surface area contributed by atoms with Crippen LogP contribution < -0.4 is 25.5 Å². The summed E-state index contributed by atoms with van der Waals surface area (Å²) in [5, 5.41) is 9.26. The lowest BCUT2D eigenvalue weighted by Crippen LogP contribution is -2.44. The van der Waals surface area contributed by atoms with Gasteiger partial charge in [-0.2, -0.15) is 5.10 Å². The van der Waals surface area contributed by atoms with Gasteiger partial charge in [0.25, 0.3) is 0 Å². The summed E-state index contributed by atoms with van der Waals surface area (Å²) in [7, 11) is 0. The Kier molecular flexibility index (Phi) is 6.46. The Hall–Kier alpha value is -3.10. The van der Waals surface area contributed by atoms with Gasteiger partial charge in [0.2, 0.25) is 12.7 Å². The van der Waals surface area contributed by atoms with Gasteiger partial charge >= 0.3 is 11.8 Å². The zero-order valence-electron chi connectivity index (χ0n) is 15.7. The Morgan fingerprint density at radius 3 is 2.61 bits per heavy atom. The molecular weight excluding hydrogens is 364 g/mol. The van der Waals surface area contributed by atoms with Gasteiger partial charge in [-0.25, -0.2) is 5.43 Å². The first-order valence-corrected chi connectivity index (χ1v) is 9.35. The second kappa shape index (κ2) is 9.20. The van der Waals surface area contributed by atoms with Crippen LogP contribution in [-0.4, -0.2) is 36.3 Å². The van der Waals surface area contributed by atoms with Crippen LogP contribution in [-0.2, 0) is 14.4 Å². The third-order valence-corrected chi connectivity index (χ3v) is 4.57. The normalized spacial score (nSPS) is 16.4. The molecule has 3 amide bonds. The van der Waals surface area contributed by atoms with Crippen molar-refractivity contribution in [3.63, 3.8) is 0 Å². The van der Waals surface area contributed by atoms with Crippen molar-refractivity contribution < 1.29 is 23.9 Å². The standard InChI is InChI=1S/C19H24N4O5/c1-12(22-23-19(26)18(25)21-13-5-3-2-4-6-13)9-17(24)20-14-7-8-15-16(10-14)28-11-27-15/h7-8,10,13H,2-6,9,11H2,1H3,(H,20,24)(H,21,25)(H,23,26). The van der Waals surface area contributed by atoms with E-state index in [1.54, 1.807) is 25.1 Å². The molecule has 0 radical (unpaired) electrons. The number of carbonyl (C=O) groups excluding carboxylic acids is 3. The van der Waals surface area contributed by atoms with Crippen molar-refractivity contribution in [3.05, 3.63) is 18.2 Å². The molecule has 0 unspecified atom stereocenters. The highest BCUT2D eigenvalue weighted by Gasteiger charge is 2.20. The van der Waals surface area contributed by atoms with E-state index < -0.39 is 11.8 Å². The lowest BCUT2D eigenvalue weighted by atomic mass is 9.95. The highest BCUT2D eigenvalue weighted by atomic mass is 16.7. The largest absolute Gasteiger partial charge is 0.454 e. The van der Waals surface area contributed by atoms with Gasteiger partial charge in [0.05, 0.1) is 6.42 Å². The van der Waals surface area contributed by atoms with Gasteiger partial charge in [0.1, 0.15) is 0 Å². The number of hydrogen-bond donors (Lipinski definition) is 3. The predicted octanol–water partition coefficient (Wildman–Crippen LogP) is 1.68. The average Bonchev–Trinajstić information content (AvgIpc) is 3.14. The smallest absolute Gasteiger partial charge is 0.329 e. The lowest BCUT2D eigenvalue weighted by molar-refractivity contribution is -0.139. The summed E-state index contributed by atoms with van der Waals surface area (Å²) in [5.74, 6) is -0.639. The van der Waals surface area contributed by atoms with E-state index in [1.807, 2.05) is 0 Å². The first-order valence-electron chi connectivity index (χ1n) is 9.35. The van der Waals surface area contributed by atoms with Crippen LogP contribution in [0.2, 0.25) is 0 Å². The van der Waals surface area contributed by atoms with Crippen molar-refractivity contribution in [1.82, 2.24) is 10.7 Å². The van der Waals surface area contributed by atoms with Crippen molar-refractivity contribution >= 4 is 29.1 Å². The van der Waals surface area contributed by atoms with Crippen LogP contribution >= 0.6 is 0 Å². The van der Waals surface area contributed by atoms with E-state index in [-0.39, 0.29) is 25.2 Å². The molecule has 3 N–H and O–H groups in total. The Morgan fingerprint density at radius 1 is 1.07 bits per heavy atom. The van der Waals surface area contributed by atoms with E-state index in [1.165, 1.54) is 0 Å². The molecule has 150 valence electrons. The fraction of sp³-hybridized carbons (Fsp3) is 0.474. The number of hydrogen-bond acceptors (Lipinski definition) is 6. The first-order chi connectivity index (χ1) is 13.5. The summed E-state index contributed by atoms with van der Waals surface area (Å²) in [6.07, 6.45) is 5.03. The maximum atomic E-state index is 12.1. The van der Waals surface area contributed by atoms with Gasteiger partial charge in [0.15, 0.2) is 11.5 Å². The average molecular weight is 388 g/mol. The van der Waals surface area contributed by atoms with E-state index in [0.717, 1.165) is 32.1 Å². The molecule has 9 heteroatoms. The Balaban J connectivity index is 1.43. The van der Waals surface area contributed by atoms with Crippen LogP contribution in [0.3, 0.4) is 0 Å². The Bertz CT molecular complexity index is 787. The molecule has 1 aromatic rings. The maximum Gasteiger partial charge on any atom is 0.329 e. The molecule has 1 aliphatic carbocycles. The van der Waals surface area contributed by atoms with Gasteiger partial charge in [-0.3, -0.25) is 14.4 Å². The van der Waals surface area contributed by atoms with Crippen molar-refractivity contribution in [2.75, 3.05) is 12.1 Å². The van der Waals surface area contributed by atoms with Crippen LogP contribution in [0, 0.1) is 0 Å². The van der Waals surface area contributed by atoms with Crippen LogP contribution in [0.15, 0.2) is 23.3 Å². The summed E-state index contributed by atoms with van der Waals surface area (Å²) in [5.41, 5.74) is 3.14. The Morgan fingerprint density at radius 2 is 1.82 bits per heavy atom. The number of carbonyl (C=O) groups is 3. The molecule has 1 aliphatic heterocycles. The van der Waals surface area contributed by atoms with Gasteiger partial charge < -0.3 is 20.1 Å². The molecule has 0 atom stereocenters. The molecule has 28 heavy (non-hydrogen) atoms. The third-order valence-electron chi connectivity index (χ3n) is 4.57. The third kappa shape index (κ3) is 5.45. The van der Waals surface area contributed by atoms with E-state index >= 15 is 0 Å². The minimum Gasteiger partial charge on any atom is -0.454 e.